The number of benzene rings is 1. The van der Waals surface area contributed by atoms with Crippen LogP contribution in [-0.2, 0) is 10.2 Å². The molecule has 0 fully saturated rings. The lowest BCUT2D eigenvalue weighted by Crippen LogP contribution is -2.12. The van der Waals surface area contributed by atoms with Crippen LogP contribution in [0.2, 0.25) is 0 Å². The largest absolute Gasteiger partial charge is 0.463 e. The van der Waals surface area contributed by atoms with Gasteiger partial charge in [0.1, 0.15) is 17.4 Å². The van der Waals surface area contributed by atoms with E-state index in [1.54, 1.807) is 6.92 Å². The minimum Gasteiger partial charge on any atom is -0.463 e. The first-order valence-electron chi connectivity index (χ1n) is 6.54. The monoisotopic (exact) mass is 260 g/mol. The van der Waals surface area contributed by atoms with Crippen LogP contribution in [0.4, 0.5) is 0 Å². The van der Waals surface area contributed by atoms with Gasteiger partial charge in [-0.3, -0.25) is 0 Å². The van der Waals surface area contributed by atoms with Gasteiger partial charge in [-0.25, -0.2) is 4.79 Å². The summed E-state index contributed by atoms with van der Waals surface area (Å²) < 4.78 is 10.7. The van der Waals surface area contributed by atoms with E-state index in [0.717, 1.165) is 22.1 Å². The second kappa shape index (κ2) is 4.72. The van der Waals surface area contributed by atoms with Crippen LogP contribution in [0.5, 0.6) is 0 Å². The van der Waals surface area contributed by atoms with Crippen molar-refractivity contribution in [3.63, 3.8) is 0 Å². The third-order valence-electron chi connectivity index (χ3n) is 3.12. The van der Waals surface area contributed by atoms with E-state index in [-0.39, 0.29) is 11.4 Å². The molecule has 0 amide bonds. The summed E-state index contributed by atoms with van der Waals surface area (Å²) in [5, 5.41) is 0.836. The molecule has 0 N–H and O–H groups in total. The number of ether oxygens (including phenoxy) is 1. The summed E-state index contributed by atoms with van der Waals surface area (Å²) in [5.41, 5.74) is 3.48. The standard InChI is InChI=1S/C16H20O3/c1-6-18-15(17)12-9-19-14-11(12)7-10(2)8-13(14)16(3,4)5/h7-9H,6H2,1-5H3. The topological polar surface area (TPSA) is 39.4 Å². The van der Waals surface area contributed by atoms with Crippen molar-refractivity contribution in [3.05, 3.63) is 35.1 Å². The van der Waals surface area contributed by atoms with Crippen LogP contribution < -0.4 is 0 Å². The maximum atomic E-state index is 11.9. The Labute approximate surface area is 113 Å². The first-order valence-corrected chi connectivity index (χ1v) is 6.54. The van der Waals surface area contributed by atoms with Gasteiger partial charge in [-0.1, -0.05) is 26.8 Å². The van der Waals surface area contributed by atoms with Crippen molar-refractivity contribution < 1.29 is 13.9 Å². The molecular weight excluding hydrogens is 240 g/mol. The van der Waals surface area contributed by atoms with Crippen molar-refractivity contribution in [2.45, 2.75) is 40.0 Å². The molecular formula is C16H20O3. The third-order valence-corrected chi connectivity index (χ3v) is 3.12. The molecule has 0 atom stereocenters. The number of fused-ring (bicyclic) bond motifs is 1. The highest BCUT2D eigenvalue weighted by atomic mass is 16.5. The highest BCUT2D eigenvalue weighted by Gasteiger charge is 2.23. The summed E-state index contributed by atoms with van der Waals surface area (Å²) >= 11 is 0. The lowest BCUT2D eigenvalue weighted by atomic mass is 9.85. The number of hydrogen-bond acceptors (Lipinski definition) is 3. The average Bonchev–Trinajstić information content (AvgIpc) is 2.70. The SMILES string of the molecule is CCOC(=O)c1coc2c(C(C)(C)C)cc(C)cc12. The van der Waals surface area contributed by atoms with Crippen LogP contribution in [0.1, 0.15) is 49.2 Å². The molecule has 1 aromatic carbocycles. The van der Waals surface area contributed by atoms with E-state index in [2.05, 4.69) is 26.8 Å². The van der Waals surface area contributed by atoms with Crippen molar-refractivity contribution in [3.8, 4) is 0 Å². The molecule has 0 aliphatic carbocycles. The second-order valence-electron chi connectivity index (χ2n) is 5.81. The number of aryl methyl sites for hydroxylation is 1. The minimum absolute atomic E-state index is 0.0337. The Kier molecular flexibility index (Phi) is 3.40. The van der Waals surface area contributed by atoms with Gasteiger partial charge in [0.25, 0.3) is 0 Å². The van der Waals surface area contributed by atoms with Crippen molar-refractivity contribution in [2.75, 3.05) is 6.61 Å². The fourth-order valence-corrected chi connectivity index (χ4v) is 2.21. The third kappa shape index (κ3) is 2.50. The molecule has 1 heterocycles. The maximum Gasteiger partial charge on any atom is 0.342 e. The zero-order valence-electron chi connectivity index (χ0n) is 12.2. The number of furan rings is 1. The predicted molar refractivity (Wildman–Crippen MR) is 75.6 cm³/mol. The van der Waals surface area contributed by atoms with E-state index in [1.807, 2.05) is 13.0 Å². The Balaban J connectivity index is 2.67. The molecule has 2 aromatic rings. The molecule has 2 rings (SSSR count). The predicted octanol–water partition coefficient (Wildman–Crippen LogP) is 4.22. The molecule has 0 aliphatic heterocycles. The van der Waals surface area contributed by atoms with E-state index in [0.29, 0.717) is 12.2 Å². The van der Waals surface area contributed by atoms with Gasteiger partial charge < -0.3 is 9.15 Å². The molecule has 3 heteroatoms. The second-order valence-corrected chi connectivity index (χ2v) is 5.81. The van der Waals surface area contributed by atoms with E-state index in [9.17, 15) is 4.79 Å². The molecule has 0 saturated carbocycles. The van der Waals surface area contributed by atoms with Crippen LogP contribution in [0.15, 0.2) is 22.8 Å². The highest BCUT2D eigenvalue weighted by molar-refractivity contribution is 6.04. The van der Waals surface area contributed by atoms with E-state index >= 15 is 0 Å². The van der Waals surface area contributed by atoms with Gasteiger partial charge in [-0.2, -0.15) is 0 Å². The Hall–Kier alpha value is -1.77. The molecule has 19 heavy (non-hydrogen) atoms. The van der Waals surface area contributed by atoms with Crippen molar-refractivity contribution >= 4 is 16.9 Å². The van der Waals surface area contributed by atoms with Gasteiger partial charge in [-0.15, -0.1) is 0 Å². The Bertz CT molecular complexity index is 615. The molecule has 0 aliphatic rings. The summed E-state index contributed by atoms with van der Waals surface area (Å²) in [6.07, 6.45) is 1.50. The first kappa shape index (κ1) is 13.7. The van der Waals surface area contributed by atoms with Crippen molar-refractivity contribution in [1.82, 2.24) is 0 Å². The fraction of sp³-hybridized carbons (Fsp3) is 0.438. The van der Waals surface area contributed by atoms with Crippen LogP contribution in [-0.4, -0.2) is 12.6 Å². The van der Waals surface area contributed by atoms with Crippen LogP contribution in [0.25, 0.3) is 11.0 Å². The number of esters is 1. The Morgan fingerprint density at radius 2 is 2.00 bits per heavy atom. The molecule has 0 radical (unpaired) electrons. The van der Waals surface area contributed by atoms with E-state index in [4.69, 9.17) is 9.15 Å². The van der Waals surface area contributed by atoms with Gasteiger partial charge in [0.15, 0.2) is 0 Å². The Morgan fingerprint density at radius 3 is 2.58 bits per heavy atom. The van der Waals surface area contributed by atoms with Gasteiger partial charge in [0.05, 0.1) is 6.61 Å². The number of carbonyl (C=O) groups excluding carboxylic acids is 1. The zero-order chi connectivity index (χ0) is 14.2. The maximum absolute atomic E-state index is 11.9. The minimum atomic E-state index is -0.327. The normalized spacial score (nSPS) is 11.8. The summed E-state index contributed by atoms with van der Waals surface area (Å²) in [6.45, 7) is 10.6. The number of rotatable bonds is 2. The zero-order valence-corrected chi connectivity index (χ0v) is 12.2. The van der Waals surface area contributed by atoms with Crippen molar-refractivity contribution in [2.24, 2.45) is 0 Å². The Morgan fingerprint density at radius 1 is 1.32 bits per heavy atom. The van der Waals surface area contributed by atoms with Crippen LogP contribution >= 0.6 is 0 Å². The first-order chi connectivity index (χ1) is 8.84. The van der Waals surface area contributed by atoms with Gasteiger partial charge >= 0.3 is 5.97 Å². The molecule has 1 aromatic heterocycles. The quantitative estimate of drug-likeness (QED) is 0.759. The molecule has 3 nitrogen and oxygen atoms in total. The smallest absolute Gasteiger partial charge is 0.342 e. The van der Waals surface area contributed by atoms with Crippen molar-refractivity contribution in [1.29, 1.82) is 0 Å². The highest BCUT2D eigenvalue weighted by Crippen LogP contribution is 2.34. The van der Waals surface area contributed by atoms with E-state index in [1.165, 1.54) is 6.26 Å². The summed E-state index contributed by atoms with van der Waals surface area (Å²) in [5.74, 6) is -0.327. The van der Waals surface area contributed by atoms with Crippen LogP contribution in [0.3, 0.4) is 0 Å². The molecule has 0 bridgehead atoms. The lowest BCUT2D eigenvalue weighted by molar-refractivity contribution is 0.0527. The lowest BCUT2D eigenvalue weighted by Gasteiger charge is -2.19. The number of hydrogen-bond donors (Lipinski definition) is 0. The van der Waals surface area contributed by atoms with Gasteiger partial charge in [0, 0.05) is 10.9 Å². The average molecular weight is 260 g/mol. The molecule has 0 saturated heterocycles. The summed E-state index contributed by atoms with van der Waals surface area (Å²) in [6, 6.07) is 4.08. The summed E-state index contributed by atoms with van der Waals surface area (Å²) in [4.78, 5) is 11.9. The van der Waals surface area contributed by atoms with Crippen LogP contribution in [0, 0.1) is 6.92 Å². The van der Waals surface area contributed by atoms with Gasteiger partial charge in [0.2, 0.25) is 0 Å². The fourth-order valence-electron chi connectivity index (χ4n) is 2.21. The molecule has 102 valence electrons. The molecule has 0 spiro atoms. The molecule has 0 unspecified atom stereocenters. The van der Waals surface area contributed by atoms with E-state index < -0.39 is 0 Å². The number of carbonyl (C=O) groups is 1. The summed E-state index contributed by atoms with van der Waals surface area (Å²) in [7, 11) is 0. The van der Waals surface area contributed by atoms with Gasteiger partial charge in [-0.05, 0) is 30.9 Å².